The van der Waals surface area contributed by atoms with Crippen LogP contribution in [0, 0.1) is 0 Å². The summed E-state index contributed by atoms with van der Waals surface area (Å²) in [5.74, 6) is -0.109. The lowest BCUT2D eigenvalue weighted by Gasteiger charge is -2.17. The largest absolute Gasteiger partial charge is 0.384 e. The van der Waals surface area contributed by atoms with E-state index in [1.807, 2.05) is 37.3 Å². The SMILES string of the molecule is CCNc1ccc(C(=O)N(C)c2ccc(CC)cc2)nc1. The average molecular weight is 283 g/mol. The highest BCUT2D eigenvalue weighted by molar-refractivity contribution is 6.04. The van der Waals surface area contributed by atoms with Gasteiger partial charge in [0.05, 0.1) is 11.9 Å². The van der Waals surface area contributed by atoms with Crippen molar-refractivity contribution in [1.82, 2.24) is 4.98 Å². The highest BCUT2D eigenvalue weighted by atomic mass is 16.2. The number of anilines is 2. The second kappa shape index (κ2) is 6.88. The van der Waals surface area contributed by atoms with Crippen LogP contribution in [0.25, 0.3) is 0 Å². The van der Waals surface area contributed by atoms with Crippen molar-refractivity contribution in [2.45, 2.75) is 20.3 Å². The maximum atomic E-state index is 12.4. The van der Waals surface area contributed by atoms with Crippen LogP contribution >= 0.6 is 0 Å². The van der Waals surface area contributed by atoms with Gasteiger partial charge >= 0.3 is 0 Å². The molecule has 2 aromatic rings. The molecule has 0 saturated heterocycles. The molecule has 0 atom stereocenters. The molecule has 1 aromatic carbocycles. The molecule has 0 aliphatic carbocycles. The molecule has 0 bridgehead atoms. The average Bonchev–Trinajstić information content (AvgIpc) is 2.54. The van der Waals surface area contributed by atoms with E-state index in [1.165, 1.54) is 5.56 Å². The monoisotopic (exact) mass is 283 g/mol. The quantitative estimate of drug-likeness (QED) is 0.915. The summed E-state index contributed by atoms with van der Waals surface area (Å²) in [7, 11) is 1.77. The Labute approximate surface area is 125 Å². The summed E-state index contributed by atoms with van der Waals surface area (Å²) in [6, 6.07) is 11.6. The molecule has 1 N–H and O–H groups in total. The molecule has 0 spiro atoms. The molecule has 2 rings (SSSR count). The van der Waals surface area contributed by atoms with Gasteiger partial charge in [-0.1, -0.05) is 19.1 Å². The van der Waals surface area contributed by atoms with E-state index in [1.54, 1.807) is 24.2 Å². The fraction of sp³-hybridized carbons (Fsp3) is 0.294. The fourth-order valence-corrected chi connectivity index (χ4v) is 2.07. The number of aromatic nitrogens is 1. The van der Waals surface area contributed by atoms with Crippen LogP contribution in [0.1, 0.15) is 29.9 Å². The summed E-state index contributed by atoms with van der Waals surface area (Å²) in [4.78, 5) is 18.3. The number of hydrogen-bond donors (Lipinski definition) is 1. The first-order valence-corrected chi connectivity index (χ1v) is 7.22. The second-order valence-corrected chi connectivity index (χ2v) is 4.85. The van der Waals surface area contributed by atoms with Crippen molar-refractivity contribution < 1.29 is 4.79 Å². The van der Waals surface area contributed by atoms with Crippen molar-refractivity contribution in [1.29, 1.82) is 0 Å². The zero-order valence-electron chi connectivity index (χ0n) is 12.8. The van der Waals surface area contributed by atoms with Crippen LogP contribution in [0.15, 0.2) is 42.6 Å². The Morgan fingerprint density at radius 1 is 1.14 bits per heavy atom. The van der Waals surface area contributed by atoms with E-state index in [9.17, 15) is 4.79 Å². The van der Waals surface area contributed by atoms with Gasteiger partial charge in [0.15, 0.2) is 0 Å². The lowest BCUT2D eigenvalue weighted by molar-refractivity contribution is 0.0988. The standard InChI is InChI=1S/C17H21N3O/c1-4-13-6-9-15(10-7-13)20(3)17(21)16-11-8-14(12-19-16)18-5-2/h6-12,18H,4-5H2,1-3H3. The second-order valence-electron chi connectivity index (χ2n) is 4.85. The van der Waals surface area contributed by atoms with Gasteiger partial charge in [-0.25, -0.2) is 4.98 Å². The number of aryl methyl sites for hydroxylation is 1. The topological polar surface area (TPSA) is 45.2 Å². The van der Waals surface area contributed by atoms with Gasteiger partial charge in [-0.15, -0.1) is 0 Å². The van der Waals surface area contributed by atoms with Gasteiger partial charge in [-0.2, -0.15) is 0 Å². The molecule has 21 heavy (non-hydrogen) atoms. The Hall–Kier alpha value is -2.36. The third kappa shape index (κ3) is 3.60. The van der Waals surface area contributed by atoms with Crippen molar-refractivity contribution in [3.05, 3.63) is 53.9 Å². The van der Waals surface area contributed by atoms with E-state index in [-0.39, 0.29) is 5.91 Å². The van der Waals surface area contributed by atoms with Gasteiger partial charge in [0.1, 0.15) is 5.69 Å². The van der Waals surface area contributed by atoms with Crippen LogP contribution in [-0.4, -0.2) is 24.5 Å². The predicted octanol–water partition coefficient (Wildman–Crippen LogP) is 3.35. The van der Waals surface area contributed by atoms with Crippen molar-refractivity contribution in [2.75, 3.05) is 23.8 Å². The maximum Gasteiger partial charge on any atom is 0.276 e. The molecule has 4 heteroatoms. The summed E-state index contributed by atoms with van der Waals surface area (Å²) in [5, 5.41) is 3.16. The number of carbonyl (C=O) groups excluding carboxylic acids is 1. The Morgan fingerprint density at radius 3 is 2.38 bits per heavy atom. The molecule has 0 aliphatic heterocycles. The van der Waals surface area contributed by atoms with Crippen LogP contribution in [0.5, 0.6) is 0 Å². The summed E-state index contributed by atoms with van der Waals surface area (Å²) in [6.45, 7) is 4.96. The van der Waals surface area contributed by atoms with E-state index in [0.717, 1.165) is 24.3 Å². The summed E-state index contributed by atoms with van der Waals surface area (Å²) < 4.78 is 0. The zero-order chi connectivity index (χ0) is 15.2. The Kier molecular flexibility index (Phi) is 4.93. The highest BCUT2D eigenvalue weighted by Gasteiger charge is 2.14. The molecule has 1 aromatic heterocycles. The number of rotatable bonds is 5. The number of hydrogen-bond acceptors (Lipinski definition) is 3. The number of nitrogens with zero attached hydrogens (tertiary/aromatic N) is 2. The smallest absolute Gasteiger partial charge is 0.276 e. The maximum absolute atomic E-state index is 12.4. The third-order valence-electron chi connectivity index (χ3n) is 3.40. The van der Waals surface area contributed by atoms with Gasteiger partial charge in [0.25, 0.3) is 5.91 Å². The molecular formula is C17H21N3O. The number of nitrogens with one attached hydrogen (secondary N) is 1. The Bertz CT molecular complexity index is 590. The van der Waals surface area contributed by atoms with E-state index in [4.69, 9.17) is 0 Å². The summed E-state index contributed by atoms with van der Waals surface area (Å²) >= 11 is 0. The van der Waals surface area contributed by atoms with E-state index in [2.05, 4.69) is 17.2 Å². The molecule has 0 radical (unpaired) electrons. The minimum Gasteiger partial charge on any atom is -0.384 e. The fourth-order valence-electron chi connectivity index (χ4n) is 2.07. The number of amides is 1. The Balaban J connectivity index is 2.13. The highest BCUT2D eigenvalue weighted by Crippen LogP contribution is 2.17. The molecule has 0 fully saturated rings. The summed E-state index contributed by atoms with van der Waals surface area (Å²) in [5.41, 5.74) is 3.49. The first kappa shape index (κ1) is 15.0. The first-order valence-electron chi connectivity index (χ1n) is 7.22. The van der Waals surface area contributed by atoms with Crippen molar-refractivity contribution in [2.24, 2.45) is 0 Å². The molecule has 1 heterocycles. The number of benzene rings is 1. The molecule has 0 unspecified atom stereocenters. The van der Waals surface area contributed by atoms with Crippen LogP contribution in [0.4, 0.5) is 11.4 Å². The van der Waals surface area contributed by atoms with Gasteiger partial charge in [-0.05, 0) is 43.2 Å². The van der Waals surface area contributed by atoms with Crippen LogP contribution < -0.4 is 10.2 Å². The summed E-state index contributed by atoms with van der Waals surface area (Å²) in [6.07, 6.45) is 2.68. The van der Waals surface area contributed by atoms with Crippen molar-refractivity contribution in [3.63, 3.8) is 0 Å². The van der Waals surface area contributed by atoms with Crippen LogP contribution in [0.2, 0.25) is 0 Å². The van der Waals surface area contributed by atoms with E-state index >= 15 is 0 Å². The third-order valence-corrected chi connectivity index (χ3v) is 3.40. The first-order chi connectivity index (χ1) is 10.2. The van der Waals surface area contributed by atoms with Gasteiger partial charge in [0.2, 0.25) is 0 Å². The minimum absolute atomic E-state index is 0.109. The van der Waals surface area contributed by atoms with Crippen LogP contribution in [0.3, 0.4) is 0 Å². The molecule has 4 nitrogen and oxygen atoms in total. The number of carbonyl (C=O) groups is 1. The Morgan fingerprint density at radius 2 is 1.86 bits per heavy atom. The van der Waals surface area contributed by atoms with Crippen molar-refractivity contribution >= 4 is 17.3 Å². The van der Waals surface area contributed by atoms with Gasteiger partial charge in [0, 0.05) is 19.3 Å². The van der Waals surface area contributed by atoms with E-state index < -0.39 is 0 Å². The van der Waals surface area contributed by atoms with Gasteiger partial charge < -0.3 is 10.2 Å². The van der Waals surface area contributed by atoms with Crippen molar-refractivity contribution in [3.8, 4) is 0 Å². The zero-order valence-corrected chi connectivity index (χ0v) is 12.8. The number of pyridine rings is 1. The predicted molar refractivity (Wildman–Crippen MR) is 87.0 cm³/mol. The molecule has 110 valence electrons. The minimum atomic E-state index is -0.109. The molecule has 1 amide bonds. The van der Waals surface area contributed by atoms with E-state index in [0.29, 0.717) is 5.69 Å². The lowest BCUT2D eigenvalue weighted by atomic mass is 10.1. The molecular weight excluding hydrogens is 262 g/mol. The molecule has 0 aliphatic rings. The van der Waals surface area contributed by atoms with Gasteiger partial charge in [-0.3, -0.25) is 4.79 Å². The lowest BCUT2D eigenvalue weighted by Crippen LogP contribution is -2.27. The normalized spacial score (nSPS) is 10.2. The van der Waals surface area contributed by atoms with Crippen LogP contribution in [-0.2, 0) is 6.42 Å². The molecule has 0 saturated carbocycles.